The molecule has 0 atom stereocenters. The lowest BCUT2D eigenvalue weighted by atomic mass is 10.2. The minimum atomic E-state index is 0.109. The molecule has 1 aliphatic heterocycles. The van der Waals surface area contributed by atoms with E-state index in [1.165, 1.54) is 5.69 Å². The van der Waals surface area contributed by atoms with E-state index < -0.39 is 0 Å². The number of carbonyl (C=O) groups excluding carboxylic acids is 1. The number of hydrogen-bond acceptors (Lipinski definition) is 4. The van der Waals surface area contributed by atoms with Crippen molar-refractivity contribution in [3.8, 4) is 0 Å². The molecule has 1 amide bonds. The lowest BCUT2D eigenvalue weighted by molar-refractivity contribution is -0.121. The SMILES string of the molecule is COCCNC(=O)CCN1CCN(c2ccccc2)CC1. The third-order valence-corrected chi connectivity index (χ3v) is 3.78. The number of anilines is 1. The molecule has 0 saturated carbocycles. The van der Waals surface area contributed by atoms with Crippen molar-refractivity contribution in [2.45, 2.75) is 6.42 Å². The van der Waals surface area contributed by atoms with Gasteiger partial charge in [0.05, 0.1) is 6.61 Å². The van der Waals surface area contributed by atoms with Crippen LogP contribution < -0.4 is 10.2 Å². The number of methoxy groups -OCH3 is 1. The zero-order valence-corrected chi connectivity index (χ0v) is 12.8. The monoisotopic (exact) mass is 291 g/mol. The number of nitrogens with zero attached hydrogens (tertiary/aromatic N) is 2. The van der Waals surface area contributed by atoms with Crippen LogP contribution in [0.2, 0.25) is 0 Å². The second-order valence-electron chi connectivity index (χ2n) is 5.26. The molecule has 0 unspecified atom stereocenters. The summed E-state index contributed by atoms with van der Waals surface area (Å²) < 4.78 is 4.91. The predicted octanol–water partition coefficient (Wildman–Crippen LogP) is 0.961. The number of carbonyl (C=O) groups is 1. The van der Waals surface area contributed by atoms with Gasteiger partial charge in [0, 0.05) is 58.5 Å². The number of nitrogens with one attached hydrogen (secondary N) is 1. The van der Waals surface area contributed by atoms with E-state index in [0.29, 0.717) is 19.6 Å². The van der Waals surface area contributed by atoms with Gasteiger partial charge in [0.2, 0.25) is 5.91 Å². The van der Waals surface area contributed by atoms with Gasteiger partial charge >= 0.3 is 0 Å². The molecule has 0 aromatic heterocycles. The zero-order chi connectivity index (χ0) is 14.9. The van der Waals surface area contributed by atoms with Crippen molar-refractivity contribution in [1.29, 1.82) is 0 Å². The van der Waals surface area contributed by atoms with Crippen molar-refractivity contribution >= 4 is 11.6 Å². The maximum Gasteiger partial charge on any atom is 0.221 e. The molecule has 1 aromatic carbocycles. The summed E-state index contributed by atoms with van der Waals surface area (Å²) in [5.41, 5.74) is 1.29. The average Bonchev–Trinajstić information content (AvgIpc) is 2.54. The lowest BCUT2D eigenvalue weighted by Crippen LogP contribution is -2.47. The smallest absolute Gasteiger partial charge is 0.221 e. The molecular weight excluding hydrogens is 266 g/mol. The fourth-order valence-electron chi connectivity index (χ4n) is 2.51. The Morgan fingerprint density at radius 2 is 1.90 bits per heavy atom. The topological polar surface area (TPSA) is 44.8 Å². The summed E-state index contributed by atoms with van der Waals surface area (Å²) in [6, 6.07) is 10.5. The highest BCUT2D eigenvalue weighted by Gasteiger charge is 2.17. The van der Waals surface area contributed by atoms with Gasteiger partial charge in [-0.2, -0.15) is 0 Å². The van der Waals surface area contributed by atoms with E-state index in [2.05, 4.69) is 39.4 Å². The fraction of sp³-hybridized carbons (Fsp3) is 0.562. The van der Waals surface area contributed by atoms with Gasteiger partial charge in [-0.1, -0.05) is 18.2 Å². The molecule has 1 N–H and O–H groups in total. The summed E-state index contributed by atoms with van der Waals surface area (Å²) in [5, 5.41) is 2.86. The quantitative estimate of drug-likeness (QED) is 0.760. The predicted molar refractivity (Wildman–Crippen MR) is 84.6 cm³/mol. The molecule has 1 aromatic rings. The molecule has 116 valence electrons. The summed E-state index contributed by atoms with van der Waals surface area (Å²) in [5.74, 6) is 0.109. The summed E-state index contributed by atoms with van der Waals surface area (Å²) in [6.07, 6.45) is 0.565. The molecule has 5 heteroatoms. The molecule has 0 radical (unpaired) electrons. The van der Waals surface area contributed by atoms with E-state index in [0.717, 1.165) is 32.7 Å². The van der Waals surface area contributed by atoms with Crippen LogP contribution in [-0.4, -0.2) is 63.8 Å². The highest BCUT2D eigenvalue weighted by atomic mass is 16.5. The van der Waals surface area contributed by atoms with Crippen LogP contribution in [0.4, 0.5) is 5.69 Å². The summed E-state index contributed by atoms with van der Waals surface area (Å²) in [4.78, 5) is 16.4. The number of amides is 1. The highest BCUT2D eigenvalue weighted by Crippen LogP contribution is 2.15. The zero-order valence-electron chi connectivity index (χ0n) is 12.8. The van der Waals surface area contributed by atoms with Crippen LogP contribution in [0.3, 0.4) is 0 Å². The van der Waals surface area contributed by atoms with Gasteiger partial charge in [0.15, 0.2) is 0 Å². The van der Waals surface area contributed by atoms with E-state index in [-0.39, 0.29) is 5.91 Å². The molecule has 21 heavy (non-hydrogen) atoms. The van der Waals surface area contributed by atoms with Crippen LogP contribution in [0.25, 0.3) is 0 Å². The largest absolute Gasteiger partial charge is 0.383 e. The molecule has 0 spiro atoms. The number of piperazine rings is 1. The van der Waals surface area contributed by atoms with E-state index in [1.807, 2.05) is 6.07 Å². The lowest BCUT2D eigenvalue weighted by Gasteiger charge is -2.36. The minimum Gasteiger partial charge on any atom is -0.383 e. The van der Waals surface area contributed by atoms with E-state index in [4.69, 9.17) is 4.74 Å². The first kappa shape index (κ1) is 15.8. The van der Waals surface area contributed by atoms with Crippen LogP contribution in [0, 0.1) is 0 Å². The van der Waals surface area contributed by atoms with Crippen LogP contribution >= 0.6 is 0 Å². The first-order valence-electron chi connectivity index (χ1n) is 7.57. The summed E-state index contributed by atoms with van der Waals surface area (Å²) in [7, 11) is 1.64. The standard InChI is InChI=1S/C16H25N3O2/c1-21-14-8-17-16(20)7-9-18-10-12-19(13-11-18)15-5-3-2-4-6-15/h2-6H,7-14H2,1H3,(H,17,20). The Balaban J connectivity index is 1.64. The van der Waals surface area contributed by atoms with Gasteiger partial charge in [-0.05, 0) is 12.1 Å². The Hall–Kier alpha value is -1.59. The van der Waals surface area contributed by atoms with Gasteiger partial charge < -0.3 is 15.0 Å². The number of benzene rings is 1. The molecule has 0 bridgehead atoms. The summed E-state index contributed by atoms with van der Waals surface area (Å²) in [6.45, 7) is 6.07. The molecule has 0 aliphatic carbocycles. The number of para-hydroxylation sites is 1. The van der Waals surface area contributed by atoms with Crippen LogP contribution in [0.1, 0.15) is 6.42 Å². The first-order chi connectivity index (χ1) is 10.3. The van der Waals surface area contributed by atoms with Crippen molar-refractivity contribution in [3.63, 3.8) is 0 Å². The normalized spacial score (nSPS) is 16.0. The van der Waals surface area contributed by atoms with Gasteiger partial charge in [0.25, 0.3) is 0 Å². The maximum absolute atomic E-state index is 11.6. The fourth-order valence-corrected chi connectivity index (χ4v) is 2.51. The Morgan fingerprint density at radius 3 is 2.57 bits per heavy atom. The Kier molecular flexibility index (Phi) is 6.50. The van der Waals surface area contributed by atoms with Crippen molar-refractivity contribution < 1.29 is 9.53 Å². The van der Waals surface area contributed by atoms with Crippen molar-refractivity contribution in [2.24, 2.45) is 0 Å². The average molecular weight is 291 g/mol. The Labute approximate surface area is 126 Å². The van der Waals surface area contributed by atoms with Crippen LogP contribution in [0.15, 0.2) is 30.3 Å². The highest BCUT2D eigenvalue weighted by molar-refractivity contribution is 5.76. The third-order valence-electron chi connectivity index (χ3n) is 3.78. The molecule has 1 aliphatic rings. The number of ether oxygens (including phenoxy) is 1. The molecule has 5 nitrogen and oxygen atoms in total. The van der Waals surface area contributed by atoms with Crippen LogP contribution in [0.5, 0.6) is 0 Å². The minimum absolute atomic E-state index is 0.109. The second-order valence-corrected chi connectivity index (χ2v) is 5.26. The van der Waals surface area contributed by atoms with Crippen molar-refractivity contribution in [1.82, 2.24) is 10.2 Å². The van der Waals surface area contributed by atoms with E-state index in [1.54, 1.807) is 7.11 Å². The van der Waals surface area contributed by atoms with Gasteiger partial charge in [-0.3, -0.25) is 9.69 Å². The Bertz CT molecular complexity index is 417. The summed E-state index contributed by atoms with van der Waals surface area (Å²) >= 11 is 0. The van der Waals surface area contributed by atoms with Gasteiger partial charge in [-0.25, -0.2) is 0 Å². The number of rotatable bonds is 7. The molecular formula is C16H25N3O2. The van der Waals surface area contributed by atoms with Crippen molar-refractivity contribution in [2.75, 3.05) is 57.9 Å². The molecule has 1 heterocycles. The maximum atomic E-state index is 11.6. The van der Waals surface area contributed by atoms with E-state index in [9.17, 15) is 4.79 Å². The van der Waals surface area contributed by atoms with Crippen LogP contribution in [-0.2, 0) is 9.53 Å². The van der Waals surface area contributed by atoms with E-state index >= 15 is 0 Å². The van der Waals surface area contributed by atoms with Gasteiger partial charge in [0.1, 0.15) is 0 Å². The third kappa shape index (κ3) is 5.36. The van der Waals surface area contributed by atoms with Crippen molar-refractivity contribution in [3.05, 3.63) is 30.3 Å². The Morgan fingerprint density at radius 1 is 1.19 bits per heavy atom. The molecule has 1 fully saturated rings. The molecule has 2 rings (SSSR count). The first-order valence-corrected chi connectivity index (χ1v) is 7.57. The number of hydrogen-bond donors (Lipinski definition) is 1. The molecule has 1 saturated heterocycles. The van der Waals surface area contributed by atoms with Gasteiger partial charge in [-0.15, -0.1) is 0 Å². The second kappa shape index (κ2) is 8.64.